The van der Waals surface area contributed by atoms with E-state index >= 15 is 0 Å². The molecule has 0 aliphatic heterocycles. The second-order valence-corrected chi connectivity index (χ2v) is 9.18. The van der Waals surface area contributed by atoms with Crippen molar-refractivity contribution in [3.8, 4) is 0 Å². The number of hydrazine groups is 1. The molecule has 0 radical (unpaired) electrons. The minimum absolute atomic E-state index is 0.0492. The number of thioether (sulfide) groups is 2. The molecule has 1 aromatic carbocycles. The van der Waals surface area contributed by atoms with Gasteiger partial charge in [0.15, 0.2) is 5.16 Å². The van der Waals surface area contributed by atoms with Crippen molar-refractivity contribution in [2.75, 3.05) is 6.26 Å². The molecule has 3 heterocycles. The van der Waals surface area contributed by atoms with E-state index < -0.39 is 5.91 Å². The van der Waals surface area contributed by atoms with Crippen molar-refractivity contribution < 1.29 is 9.59 Å². The van der Waals surface area contributed by atoms with Gasteiger partial charge >= 0.3 is 0 Å². The van der Waals surface area contributed by atoms with Crippen LogP contribution in [0.5, 0.6) is 0 Å². The first-order chi connectivity index (χ1) is 16.4. The maximum Gasteiger partial charge on any atom is 0.269 e. The van der Waals surface area contributed by atoms with Crippen molar-refractivity contribution in [1.82, 2.24) is 45.2 Å². The van der Waals surface area contributed by atoms with Crippen LogP contribution in [0.1, 0.15) is 32.9 Å². The number of hydrogen-bond donors (Lipinski definition) is 2. The Morgan fingerprint density at radius 2 is 1.85 bits per heavy atom. The summed E-state index contributed by atoms with van der Waals surface area (Å²) in [5, 5.41) is 13.7. The van der Waals surface area contributed by atoms with E-state index in [2.05, 4.69) is 36.1 Å². The summed E-state index contributed by atoms with van der Waals surface area (Å²) in [6.07, 6.45) is 3.59. The number of rotatable bonds is 7. The van der Waals surface area contributed by atoms with Gasteiger partial charge in [0.1, 0.15) is 6.33 Å². The number of amides is 2. The van der Waals surface area contributed by atoms with Crippen LogP contribution in [-0.2, 0) is 24.0 Å². The molecular formula is C21H23N9O2S2. The molecule has 0 aliphatic carbocycles. The topological polar surface area (TPSA) is 132 Å². The lowest BCUT2D eigenvalue weighted by Gasteiger charge is -2.11. The van der Waals surface area contributed by atoms with Gasteiger partial charge in [-0.1, -0.05) is 35.7 Å². The lowest BCUT2D eigenvalue weighted by Crippen LogP contribution is -2.42. The second-order valence-electron chi connectivity index (χ2n) is 7.46. The molecule has 0 aliphatic rings. The minimum Gasteiger partial charge on any atom is -0.312 e. The maximum absolute atomic E-state index is 12.5. The highest BCUT2D eigenvalue weighted by molar-refractivity contribution is 7.98. The van der Waals surface area contributed by atoms with Gasteiger partial charge in [-0.25, -0.2) is 9.50 Å². The standard InChI is InChI=1S/C21H23N9O2S2/c1-12-16(13(2)30-19(23-12)24-20(28-30)33-4)9-17(31)25-26-18(32)15-7-5-14(6-8-15)10-34-21-27-22-11-29(21)3/h5-8,11H,9-10H2,1-4H3,(H,25,31)(H,26,32). The Hall–Kier alpha value is -3.45. The Balaban J connectivity index is 1.33. The van der Waals surface area contributed by atoms with Crippen LogP contribution in [0.15, 0.2) is 40.9 Å². The van der Waals surface area contributed by atoms with Gasteiger partial charge in [-0.15, -0.1) is 15.3 Å². The normalized spacial score (nSPS) is 11.1. The number of carbonyl (C=O) groups is 2. The molecular weight excluding hydrogens is 474 g/mol. The molecule has 0 fully saturated rings. The Kier molecular flexibility index (Phi) is 7.12. The molecule has 4 aromatic rings. The van der Waals surface area contributed by atoms with Gasteiger partial charge in [0, 0.05) is 35.3 Å². The number of aryl methyl sites for hydroxylation is 3. The summed E-state index contributed by atoms with van der Waals surface area (Å²) in [5.41, 5.74) is 8.64. The van der Waals surface area contributed by atoms with E-state index in [0.717, 1.165) is 22.0 Å². The van der Waals surface area contributed by atoms with Crippen LogP contribution in [0.4, 0.5) is 0 Å². The Labute approximate surface area is 204 Å². The molecule has 2 N–H and O–H groups in total. The second kappa shape index (κ2) is 10.2. The molecule has 0 saturated carbocycles. The third-order valence-electron chi connectivity index (χ3n) is 5.12. The molecule has 0 bridgehead atoms. The molecule has 11 nitrogen and oxygen atoms in total. The van der Waals surface area contributed by atoms with Gasteiger partial charge in [-0.3, -0.25) is 20.4 Å². The van der Waals surface area contributed by atoms with Gasteiger partial charge in [0.05, 0.1) is 6.42 Å². The van der Waals surface area contributed by atoms with E-state index in [4.69, 9.17) is 0 Å². The van der Waals surface area contributed by atoms with Gasteiger partial charge in [-0.2, -0.15) is 4.98 Å². The van der Waals surface area contributed by atoms with Crippen LogP contribution in [0.25, 0.3) is 5.78 Å². The molecule has 34 heavy (non-hydrogen) atoms. The monoisotopic (exact) mass is 497 g/mol. The van der Waals surface area contributed by atoms with Gasteiger partial charge in [-0.05, 0) is 37.8 Å². The predicted molar refractivity (Wildman–Crippen MR) is 128 cm³/mol. The lowest BCUT2D eigenvalue weighted by molar-refractivity contribution is -0.121. The molecule has 4 rings (SSSR count). The summed E-state index contributed by atoms with van der Waals surface area (Å²) >= 11 is 2.98. The molecule has 13 heteroatoms. The zero-order valence-corrected chi connectivity index (χ0v) is 20.7. The SMILES string of the molecule is CSc1nc2nc(C)c(CC(=O)NNC(=O)c3ccc(CSc4nncn4C)cc3)c(C)n2n1. The molecule has 0 spiro atoms. The number of nitrogens with one attached hydrogen (secondary N) is 2. The van der Waals surface area contributed by atoms with Gasteiger partial charge in [0.2, 0.25) is 11.1 Å². The molecule has 0 saturated heterocycles. The number of carbonyl (C=O) groups excluding carboxylic acids is 2. The van der Waals surface area contributed by atoms with Crippen LogP contribution < -0.4 is 10.9 Å². The van der Waals surface area contributed by atoms with Crippen molar-refractivity contribution in [3.05, 3.63) is 58.7 Å². The molecule has 176 valence electrons. The number of nitrogens with zero attached hydrogens (tertiary/aromatic N) is 7. The van der Waals surface area contributed by atoms with Crippen LogP contribution in [0.2, 0.25) is 0 Å². The molecule has 3 aromatic heterocycles. The fourth-order valence-corrected chi connectivity index (χ4v) is 4.42. The number of fused-ring (bicyclic) bond motifs is 1. The number of aromatic nitrogens is 7. The van der Waals surface area contributed by atoms with Crippen molar-refractivity contribution in [3.63, 3.8) is 0 Å². The van der Waals surface area contributed by atoms with E-state index in [1.807, 2.05) is 43.9 Å². The first kappa shape index (κ1) is 23.7. The zero-order valence-electron chi connectivity index (χ0n) is 19.1. The first-order valence-electron chi connectivity index (χ1n) is 10.3. The molecule has 2 amide bonds. The minimum atomic E-state index is -0.399. The lowest BCUT2D eigenvalue weighted by atomic mass is 10.1. The molecule has 0 atom stereocenters. The fraction of sp³-hybridized carbons (Fsp3) is 0.286. The van der Waals surface area contributed by atoms with Crippen molar-refractivity contribution in [2.24, 2.45) is 7.05 Å². The predicted octanol–water partition coefficient (Wildman–Crippen LogP) is 1.89. The molecule has 0 unspecified atom stereocenters. The van der Waals surface area contributed by atoms with E-state index in [-0.39, 0.29) is 12.3 Å². The Bertz CT molecular complexity index is 1350. The summed E-state index contributed by atoms with van der Waals surface area (Å²) in [4.78, 5) is 33.7. The summed E-state index contributed by atoms with van der Waals surface area (Å²) < 4.78 is 3.48. The maximum atomic E-state index is 12.5. The Morgan fingerprint density at radius 3 is 2.53 bits per heavy atom. The van der Waals surface area contributed by atoms with Crippen LogP contribution in [-0.4, -0.2) is 52.4 Å². The highest BCUT2D eigenvalue weighted by Crippen LogP contribution is 2.20. The number of benzene rings is 1. The van der Waals surface area contributed by atoms with E-state index in [9.17, 15) is 9.59 Å². The largest absolute Gasteiger partial charge is 0.312 e. The van der Waals surface area contributed by atoms with E-state index in [1.165, 1.54) is 11.8 Å². The smallest absolute Gasteiger partial charge is 0.269 e. The summed E-state index contributed by atoms with van der Waals surface area (Å²) in [5.74, 6) is 0.438. The number of hydrogen-bond acceptors (Lipinski definition) is 9. The third-order valence-corrected chi connectivity index (χ3v) is 6.76. The highest BCUT2D eigenvalue weighted by atomic mass is 32.2. The van der Waals surface area contributed by atoms with Crippen LogP contribution in [0.3, 0.4) is 0 Å². The van der Waals surface area contributed by atoms with Crippen molar-refractivity contribution >= 4 is 41.1 Å². The van der Waals surface area contributed by atoms with Crippen LogP contribution in [0, 0.1) is 13.8 Å². The summed E-state index contributed by atoms with van der Waals surface area (Å²) in [7, 11) is 1.89. The van der Waals surface area contributed by atoms with Crippen molar-refractivity contribution in [1.29, 1.82) is 0 Å². The average Bonchev–Trinajstić information content (AvgIpc) is 3.44. The van der Waals surface area contributed by atoms with E-state index in [1.54, 1.807) is 34.7 Å². The summed E-state index contributed by atoms with van der Waals surface area (Å²) in [6, 6.07) is 7.17. The quantitative estimate of drug-likeness (QED) is 0.290. The van der Waals surface area contributed by atoms with Crippen LogP contribution >= 0.6 is 23.5 Å². The van der Waals surface area contributed by atoms with Gasteiger partial charge in [0.25, 0.3) is 11.7 Å². The zero-order chi connectivity index (χ0) is 24.2. The summed E-state index contributed by atoms with van der Waals surface area (Å²) in [6.45, 7) is 3.69. The first-order valence-corrected chi connectivity index (χ1v) is 12.5. The fourth-order valence-electron chi connectivity index (χ4n) is 3.24. The third kappa shape index (κ3) is 5.20. The average molecular weight is 498 g/mol. The van der Waals surface area contributed by atoms with E-state index in [0.29, 0.717) is 27.9 Å². The highest BCUT2D eigenvalue weighted by Gasteiger charge is 2.16. The Morgan fingerprint density at radius 1 is 1.09 bits per heavy atom. The van der Waals surface area contributed by atoms with Crippen molar-refractivity contribution in [2.45, 2.75) is 36.3 Å². The van der Waals surface area contributed by atoms with Gasteiger partial charge < -0.3 is 4.57 Å².